The van der Waals surface area contributed by atoms with E-state index in [0.29, 0.717) is 18.0 Å². The van der Waals surface area contributed by atoms with Crippen molar-refractivity contribution in [2.24, 2.45) is 5.92 Å². The summed E-state index contributed by atoms with van der Waals surface area (Å²) in [6.07, 6.45) is 3.41. The van der Waals surface area contributed by atoms with Crippen molar-refractivity contribution in [2.75, 3.05) is 31.5 Å². The van der Waals surface area contributed by atoms with Crippen LogP contribution in [0.1, 0.15) is 30.1 Å². The predicted molar refractivity (Wildman–Crippen MR) is 98.0 cm³/mol. The number of piperidine rings is 1. The Bertz CT molecular complexity index is 688. The topological polar surface area (TPSA) is 72.2 Å². The molecule has 1 aromatic carbocycles. The molecule has 1 atom stereocenters. The molecule has 0 bridgehead atoms. The smallest absolute Gasteiger partial charge is 0.125 e. The second kappa shape index (κ2) is 8.61. The van der Waals surface area contributed by atoms with Gasteiger partial charge >= 0.3 is 0 Å². The fourth-order valence-electron chi connectivity index (χ4n) is 3.21. The number of aromatic nitrogens is 1. The van der Waals surface area contributed by atoms with Gasteiger partial charge < -0.3 is 15.3 Å². The highest BCUT2D eigenvalue weighted by atomic mass is 16.3. The first-order valence-electron chi connectivity index (χ1n) is 8.80. The van der Waals surface area contributed by atoms with Crippen LogP contribution >= 0.6 is 0 Å². The van der Waals surface area contributed by atoms with Crippen molar-refractivity contribution in [3.63, 3.8) is 0 Å². The zero-order chi connectivity index (χ0) is 17.5. The van der Waals surface area contributed by atoms with Crippen molar-refractivity contribution in [3.8, 4) is 6.07 Å². The molecule has 5 nitrogen and oxygen atoms in total. The number of rotatable bonds is 6. The average Bonchev–Trinajstić information content (AvgIpc) is 2.68. The maximum Gasteiger partial charge on any atom is 0.125 e. The molecule has 5 heteroatoms. The molecular weight excluding hydrogens is 312 g/mol. The molecule has 0 aliphatic carbocycles. The molecule has 0 unspecified atom stereocenters. The fourth-order valence-corrected chi connectivity index (χ4v) is 3.21. The highest BCUT2D eigenvalue weighted by molar-refractivity contribution is 5.38. The molecule has 2 heterocycles. The van der Waals surface area contributed by atoms with E-state index < -0.39 is 6.10 Å². The number of hydrogen-bond donors (Lipinski definition) is 2. The third kappa shape index (κ3) is 5.02. The fraction of sp³-hybridized carbons (Fsp3) is 0.400. The van der Waals surface area contributed by atoms with E-state index in [1.165, 1.54) is 0 Å². The lowest BCUT2D eigenvalue weighted by atomic mass is 9.96. The van der Waals surface area contributed by atoms with Gasteiger partial charge in [-0.2, -0.15) is 5.26 Å². The van der Waals surface area contributed by atoms with Crippen molar-refractivity contribution in [1.29, 1.82) is 5.26 Å². The summed E-state index contributed by atoms with van der Waals surface area (Å²) >= 11 is 0. The number of benzene rings is 1. The Kier molecular flexibility index (Phi) is 5.99. The van der Waals surface area contributed by atoms with Gasteiger partial charge in [-0.05, 0) is 49.5 Å². The predicted octanol–water partition coefficient (Wildman–Crippen LogP) is 2.81. The molecule has 2 N–H and O–H groups in total. The Labute approximate surface area is 148 Å². The quantitative estimate of drug-likeness (QED) is 0.849. The summed E-state index contributed by atoms with van der Waals surface area (Å²) in [5.41, 5.74) is 1.56. The maximum absolute atomic E-state index is 10.3. The van der Waals surface area contributed by atoms with Gasteiger partial charge in [0.1, 0.15) is 11.9 Å². The molecule has 0 saturated carbocycles. The molecule has 0 amide bonds. The lowest BCUT2D eigenvalue weighted by Gasteiger charge is -2.33. The molecule has 2 aromatic rings. The van der Waals surface area contributed by atoms with Crippen LogP contribution in [0.25, 0.3) is 0 Å². The molecule has 25 heavy (non-hydrogen) atoms. The Morgan fingerprint density at radius 1 is 1.20 bits per heavy atom. The van der Waals surface area contributed by atoms with E-state index in [1.807, 2.05) is 36.4 Å². The Hall–Kier alpha value is -2.42. The largest absolute Gasteiger partial charge is 0.387 e. The van der Waals surface area contributed by atoms with Gasteiger partial charge in [-0.25, -0.2) is 4.98 Å². The number of nitriles is 1. The number of likely N-dealkylation sites (tertiary alicyclic amines) is 1. The van der Waals surface area contributed by atoms with E-state index in [-0.39, 0.29) is 0 Å². The van der Waals surface area contributed by atoms with Crippen molar-refractivity contribution in [3.05, 3.63) is 59.8 Å². The van der Waals surface area contributed by atoms with Gasteiger partial charge in [0.05, 0.1) is 11.7 Å². The van der Waals surface area contributed by atoms with Gasteiger partial charge in [0, 0.05) is 19.3 Å². The number of aliphatic hydroxyl groups excluding tert-OH is 1. The molecule has 1 saturated heterocycles. The molecule has 1 aliphatic heterocycles. The van der Waals surface area contributed by atoms with E-state index in [1.54, 1.807) is 12.3 Å². The van der Waals surface area contributed by atoms with E-state index >= 15 is 0 Å². The van der Waals surface area contributed by atoms with E-state index in [9.17, 15) is 5.11 Å². The number of β-amino-alcohol motifs (C(OH)–C–C–N with tert-alkyl or cyclic N) is 1. The van der Waals surface area contributed by atoms with Crippen molar-refractivity contribution < 1.29 is 5.11 Å². The SMILES string of the molecule is N#Cc1ccc(NCC2CCN(C[C@@H](O)c3ccccc3)CC2)nc1. The van der Waals surface area contributed by atoms with Crippen LogP contribution in [-0.4, -0.2) is 41.2 Å². The van der Waals surface area contributed by atoms with Gasteiger partial charge in [-0.1, -0.05) is 30.3 Å². The Morgan fingerprint density at radius 3 is 2.60 bits per heavy atom. The molecule has 1 fully saturated rings. The van der Waals surface area contributed by atoms with Crippen LogP contribution in [0.3, 0.4) is 0 Å². The van der Waals surface area contributed by atoms with Crippen molar-refractivity contribution in [1.82, 2.24) is 9.88 Å². The highest BCUT2D eigenvalue weighted by Crippen LogP contribution is 2.21. The van der Waals surface area contributed by atoms with Crippen molar-refractivity contribution in [2.45, 2.75) is 18.9 Å². The Morgan fingerprint density at radius 2 is 1.96 bits per heavy atom. The molecule has 3 rings (SSSR count). The van der Waals surface area contributed by atoms with Gasteiger partial charge in [0.15, 0.2) is 0 Å². The Balaban J connectivity index is 1.40. The van der Waals surface area contributed by atoms with Crippen molar-refractivity contribution >= 4 is 5.82 Å². The van der Waals surface area contributed by atoms with Gasteiger partial charge in [-0.3, -0.25) is 0 Å². The zero-order valence-electron chi connectivity index (χ0n) is 14.3. The van der Waals surface area contributed by atoms with Crippen LogP contribution in [0.4, 0.5) is 5.82 Å². The number of nitrogens with zero attached hydrogens (tertiary/aromatic N) is 3. The van der Waals surface area contributed by atoms with Gasteiger partial charge in [0.25, 0.3) is 0 Å². The summed E-state index contributed by atoms with van der Waals surface area (Å²) in [5.74, 6) is 1.43. The molecule has 1 aliphatic rings. The van der Waals surface area contributed by atoms with Gasteiger partial charge in [-0.15, -0.1) is 0 Å². The monoisotopic (exact) mass is 336 g/mol. The summed E-state index contributed by atoms with van der Waals surface area (Å²) < 4.78 is 0. The maximum atomic E-state index is 10.3. The highest BCUT2D eigenvalue weighted by Gasteiger charge is 2.21. The van der Waals surface area contributed by atoms with Crippen LogP contribution in [0.15, 0.2) is 48.7 Å². The normalized spacial score (nSPS) is 17.0. The number of hydrogen-bond acceptors (Lipinski definition) is 5. The lowest BCUT2D eigenvalue weighted by Crippen LogP contribution is -2.38. The number of aliphatic hydroxyl groups is 1. The van der Waals surface area contributed by atoms with E-state index in [4.69, 9.17) is 5.26 Å². The van der Waals surface area contributed by atoms with Crippen LogP contribution in [-0.2, 0) is 0 Å². The van der Waals surface area contributed by atoms with Crippen LogP contribution in [0.5, 0.6) is 0 Å². The molecule has 130 valence electrons. The second-order valence-corrected chi connectivity index (χ2v) is 6.60. The zero-order valence-corrected chi connectivity index (χ0v) is 14.3. The molecule has 1 aromatic heterocycles. The summed E-state index contributed by atoms with van der Waals surface area (Å²) in [5, 5.41) is 22.5. The minimum atomic E-state index is -0.418. The number of anilines is 1. The first kappa shape index (κ1) is 17.4. The third-order valence-electron chi connectivity index (χ3n) is 4.79. The summed E-state index contributed by atoms with van der Waals surface area (Å²) in [4.78, 5) is 6.59. The number of nitrogens with one attached hydrogen (secondary N) is 1. The summed E-state index contributed by atoms with van der Waals surface area (Å²) in [6, 6.07) is 15.6. The lowest BCUT2D eigenvalue weighted by molar-refractivity contribution is 0.0909. The first-order chi connectivity index (χ1) is 12.2. The summed E-state index contributed by atoms with van der Waals surface area (Å²) in [6.45, 7) is 3.61. The minimum absolute atomic E-state index is 0.418. The van der Waals surface area contributed by atoms with Crippen LogP contribution in [0.2, 0.25) is 0 Å². The minimum Gasteiger partial charge on any atom is -0.387 e. The van der Waals surface area contributed by atoms with E-state index in [0.717, 1.165) is 43.9 Å². The van der Waals surface area contributed by atoms with E-state index in [2.05, 4.69) is 21.3 Å². The average molecular weight is 336 g/mol. The first-order valence-corrected chi connectivity index (χ1v) is 8.80. The molecule has 0 spiro atoms. The standard InChI is InChI=1S/C20H24N4O/c21-12-17-6-7-20(23-14-17)22-13-16-8-10-24(11-9-16)15-19(25)18-4-2-1-3-5-18/h1-7,14,16,19,25H,8-11,13,15H2,(H,22,23)/t19-/m1/s1. The summed E-state index contributed by atoms with van der Waals surface area (Å²) in [7, 11) is 0. The van der Waals surface area contributed by atoms with Gasteiger partial charge in [0.2, 0.25) is 0 Å². The van der Waals surface area contributed by atoms with Crippen LogP contribution < -0.4 is 5.32 Å². The second-order valence-electron chi connectivity index (χ2n) is 6.60. The molecular formula is C20H24N4O. The number of pyridine rings is 1. The van der Waals surface area contributed by atoms with Crippen LogP contribution in [0, 0.1) is 17.2 Å². The molecule has 0 radical (unpaired) electrons. The third-order valence-corrected chi connectivity index (χ3v) is 4.79.